The molecule has 0 radical (unpaired) electrons. The van der Waals surface area contributed by atoms with Gasteiger partial charge in [0.15, 0.2) is 5.69 Å². The lowest BCUT2D eigenvalue weighted by molar-refractivity contribution is -0.383. The summed E-state index contributed by atoms with van der Waals surface area (Å²) >= 11 is 0. The fraction of sp³-hybridized carbons (Fsp3) is 0.333. The first-order valence-electron chi connectivity index (χ1n) is 4.23. The molecule has 0 aliphatic heterocycles. The molecular formula is C9H14N2O3. The summed E-state index contributed by atoms with van der Waals surface area (Å²) in [7, 11) is 1.41. The fourth-order valence-electron chi connectivity index (χ4n) is 0.870. The van der Waals surface area contributed by atoms with Crippen LogP contribution in [0.4, 0.5) is 11.4 Å². The minimum atomic E-state index is -0.544. The Morgan fingerprint density at radius 1 is 1.43 bits per heavy atom. The Balaban J connectivity index is 0.000000791. The van der Waals surface area contributed by atoms with Crippen molar-refractivity contribution in [1.29, 1.82) is 0 Å². The quantitative estimate of drug-likeness (QED) is 0.449. The van der Waals surface area contributed by atoms with Crippen LogP contribution in [0.5, 0.6) is 5.75 Å². The third kappa shape index (κ3) is 2.62. The number of ether oxygens (including phenoxy) is 1. The predicted octanol–water partition coefficient (Wildman–Crippen LogP) is 2.21. The molecule has 0 aromatic heterocycles. The lowest BCUT2D eigenvalue weighted by atomic mass is 10.2. The Labute approximate surface area is 82.6 Å². The molecule has 1 aromatic rings. The first kappa shape index (κ1) is 12.2. The molecule has 0 saturated carbocycles. The Bertz CT molecular complexity index is 313. The smallest absolute Gasteiger partial charge is 0.295 e. The molecule has 1 rings (SSSR count). The van der Waals surface area contributed by atoms with E-state index in [-0.39, 0.29) is 11.4 Å². The van der Waals surface area contributed by atoms with Gasteiger partial charge in [-0.15, -0.1) is 0 Å². The standard InChI is InChI=1S/C7H8N2O3.C2H6/c1-12-6-4-2-3-5(7(6)8)9(10)11;1-2/h2-4H,8H2,1H3;1-2H3. The van der Waals surface area contributed by atoms with Crippen molar-refractivity contribution in [2.75, 3.05) is 12.8 Å². The first-order chi connectivity index (χ1) is 6.66. The molecule has 0 bridgehead atoms. The maximum atomic E-state index is 10.4. The van der Waals surface area contributed by atoms with Gasteiger partial charge in [0.25, 0.3) is 5.69 Å². The molecule has 0 aliphatic rings. The van der Waals surface area contributed by atoms with E-state index in [2.05, 4.69) is 0 Å². The number of nitro benzene ring substituents is 1. The zero-order chi connectivity index (χ0) is 11.1. The van der Waals surface area contributed by atoms with Gasteiger partial charge in [0, 0.05) is 6.07 Å². The van der Waals surface area contributed by atoms with Crippen molar-refractivity contribution in [1.82, 2.24) is 0 Å². The average molecular weight is 198 g/mol. The second kappa shape index (κ2) is 5.80. The number of anilines is 1. The normalized spacial score (nSPS) is 8.50. The van der Waals surface area contributed by atoms with Gasteiger partial charge < -0.3 is 10.5 Å². The highest BCUT2D eigenvalue weighted by atomic mass is 16.6. The van der Waals surface area contributed by atoms with Crippen molar-refractivity contribution in [3.8, 4) is 5.75 Å². The number of hydrogen-bond donors (Lipinski definition) is 1. The Morgan fingerprint density at radius 2 is 2.00 bits per heavy atom. The summed E-state index contributed by atoms with van der Waals surface area (Å²) in [5, 5.41) is 10.4. The highest BCUT2D eigenvalue weighted by Crippen LogP contribution is 2.30. The molecule has 1 aromatic carbocycles. The van der Waals surface area contributed by atoms with E-state index in [1.165, 1.54) is 19.2 Å². The predicted molar refractivity (Wildman–Crippen MR) is 55.4 cm³/mol. The second-order valence-electron chi connectivity index (χ2n) is 2.15. The Morgan fingerprint density at radius 3 is 2.43 bits per heavy atom. The molecule has 0 atom stereocenters. The fourth-order valence-corrected chi connectivity index (χ4v) is 0.870. The number of hydrogen-bond acceptors (Lipinski definition) is 4. The van der Waals surface area contributed by atoms with Gasteiger partial charge in [-0.25, -0.2) is 0 Å². The summed E-state index contributed by atoms with van der Waals surface area (Å²) in [4.78, 5) is 9.82. The minimum absolute atomic E-state index is 0.0602. The van der Waals surface area contributed by atoms with Gasteiger partial charge in [0.1, 0.15) is 5.75 Å². The van der Waals surface area contributed by atoms with Gasteiger partial charge >= 0.3 is 0 Å². The third-order valence-corrected chi connectivity index (χ3v) is 1.46. The molecule has 5 nitrogen and oxygen atoms in total. The Kier molecular flexibility index (Phi) is 5.06. The van der Waals surface area contributed by atoms with Crippen LogP contribution >= 0.6 is 0 Å². The van der Waals surface area contributed by atoms with E-state index in [9.17, 15) is 10.1 Å². The number of nitrogen functional groups attached to an aromatic ring is 1. The summed E-state index contributed by atoms with van der Waals surface area (Å²) in [5.41, 5.74) is 5.36. The van der Waals surface area contributed by atoms with Crippen molar-refractivity contribution in [3.05, 3.63) is 28.3 Å². The highest BCUT2D eigenvalue weighted by Gasteiger charge is 2.13. The van der Waals surface area contributed by atoms with Crippen LogP contribution in [0.3, 0.4) is 0 Å². The largest absolute Gasteiger partial charge is 0.494 e. The van der Waals surface area contributed by atoms with Crippen LogP contribution in [0.15, 0.2) is 18.2 Å². The number of para-hydroxylation sites is 1. The number of benzene rings is 1. The molecule has 0 heterocycles. The molecule has 0 saturated heterocycles. The van der Waals surface area contributed by atoms with E-state index < -0.39 is 4.92 Å². The second-order valence-corrected chi connectivity index (χ2v) is 2.15. The Hall–Kier alpha value is -1.78. The summed E-state index contributed by atoms with van der Waals surface area (Å²) < 4.78 is 4.81. The van der Waals surface area contributed by atoms with E-state index in [0.29, 0.717) is 5.75 Å². The number of nitrogens with two attached hydrogens (primary N) is 1. The number of rotatable bonds is 2. The average Bonchev–Trinajstić information content (AvgIpc) is 2.21. The van der Waals surface area contributed by atoms with Crippen LogP contribution in [-0.4, -0.2) is 12.0 Å². The van der Waals surface area contributed by atoms with E-state index in [1.807, 2.05) is 13.8 Å². The van der Waals surface area contributed by atoms with Gasteiger partial charge in [-0.2, -0.15) is 0 Å². The molecule has 0 spiro atoms. The zero-order valence-corrected chi connectivity index (χ0v) is 8.48. The van der Waals surface area contributed by atoms with Gasteiger partial charge in [-0.05, 0) is 6.07 Å². The van der Waals surface area contributed by atoms with Crippen molar-refractivity contribution >= 4 is 11.4 Å². The minimum Gasteiger partial charge on any atom is -0.494 e. The summed E-state index contributed by atoms with van der Waals surface area (Å²) in [5.74, 6) is 0.323. The topological polar surface area (TPSA) is 78.4 Å². The third-order valence-electron chi connectivity index (χ3n) is 1.46. The summed E-state index contributed by atoms with van der Waals surface area (Å²) in [6.07, 6.45) is 0. The van der Waals surface area contributed by atoms with E-state index in [1.54, 1.807) is 6.07 Å². The number of methoxy groups -OCH3 is 1. The SMILES string of the molecule is CC.COc1cccc([N+](=O)[O-])c1N. The van der Waals surface area contributed by atoms with E-state index in [0.717, 1.165) is 0 Å². The van der Waals surface area contributed by atoms with Crippen LogP contribution in [0.25, 0.3) is 0 Å². The van der Waals surface area contributed by atoms with Crippen molar-refractivity contribution < 1.29 is 9.66 Å². The molecule has 14 heavy (non-hydrogen) atoms. The number of nitro groups is 1. The molecule has 0 aliphatic carbocycles. The lowest BCUT2D eigenvalue weighted by Gasteiger charge is -2.02. The maximum absolute atomic E-state index is 10.4. The molecular weight excluding hydrogens is 184 g/mol. The van der Waals surface area contributed by atoms with Crippen LogP contribution in [0.1, 0.15) is 13.8 Å². The van der Waals surface area contributed by atoms with Crippen LogP contribution < -0.4 is 10.5 Å². The molecule has 0 amide bonds. The summed E-state index contributed by atoms with van der Waals surface area (Å²) in [6, 6.07) is 4.42. The van der Waals surface area contributed by atoms with Crippen LogP contribution in [0.2, 0.25) is 0 Å². The summed E-state index contributed by atoms with van der Waals surface area (Å²) in [6.45, 7) is 4.00. The highest BCUT2D eigenvalue weighted by molar-refractivity contribution is 5.66. The first-order valence-corrected chi connectivity index (χ1v) is 4.23. The van der Waals surface area contributed by atoms with Gasteiger partial charge in [0.05, 0.1) is 12.0 Å². The van der Waals surface area contributed by atoms with E-state index >= 15 is 0 Å². The maximum Gasteiger partial charge on any atom is 0.295 e. The zero-order valence-electron chi connectivity index (χ0n) is 8.48. The van der Waals surface area contributed by atoms with Crippen LogP contribution in [-0.2, 0) is 0 Å². The van der Waals surface area contributed by atoms with Gasteiger partial charge in [-0.3, -0.25) is 10.1 Å². The molecule has 0 unspecified atom stereocenters. The molecule has 0 fully saturated rings. The molecule has 2 N–H and O–H groups in total. The van der Waals surface area contributed by atoms with Crippen molar-refractivity contribution in [2.45, 2.75) is 13.8 Å². The lowest BCUT2D eigenvalue weighted by Crippen LogP contribution is -1.98. The molecule has 78 valence electrons. The van der Waals surface area contributed by atoms with Gasteiger partial charge in [0.2, 0.25) is 0 Å². The van der Waals surface area contributed by atoms with Gasteiger partial charge in [-0.1, -0.05) is 19.9 Å². The molecule has 5 heteroatoms. The van der Waals surface area contributed by atoms with Crippen molar-refractivity contribution in [3.63, 3.8) is 0 Å². The number of nitrogens with zero attached hydrogens (tertiary/aromatic N) is 1. The van der Waals surface area contributed by atoms with Crippen molar-refractivity contribution in [2.24, 2.45) is 0 Å². The monoisotopic (exact) mass is 198 g/mol. The van der Waals surface area contributed by atoms with Crippen LogP contribution in [0, 0.1) is 10.1 Å². The van der Waals surface area contributed by atoms with E-state index in [4.69, 9.17) is 10.5 Å².